The predicted molar refractivity (Wildman–Crippen MR) is 57.2 cm³/mol. The van der Waals surface area contributed by atoms with Gasteiger partial charge in [0.1, 0.15) is 6.10 Å². The average Bonchev–Trinajstić information content (AvgIpc) is 2.61. The Bertz CT molecular complexity index is 497. The molecule has 0 saturated carbocycles. The standard InChI is InChI=1S/C10H11NO4S/c1-16(13,14)11-7-9(15-10(11)12)8-5-3-2-4-6-8/h2-6,9H,7H2,1H3. The molecule has 0 aromatic heterocycles. The number of carbonyl (C=O) groups excluding carboxylic acids is 1. The third kappa shape index (κ3) is 2.01. The molecule has 0 radical (unpaired) electrons. The summed E-state index contributed by atoms with van der Waals surface area (Å²) in [5.74, 6) is 0. The maximum Gasteiger partial charge on any atom is 0.424 e. The van der Waals surface area contributed by atoms with Crippen molar-refractivity contribution in [2.24, 2.45) is 0 Å². The highest BCUT2D eigenvalue weighted by atomic mass is 32.2. The van der Waals surface area contributed by atoms with Crippen LogP contribution in [0.1, 0.15) is 11.7 Å². The van der Waals surface area contributed by atoms with Crippen LogP contribution in [0.2, 0.25) is 0 Å². The lowest BCUT2D eigenvalue weighted by atomic mass is 10.1. The summed E-state index contributed by atoms with van der Waals surface area (Å²) in [4.78, 5) is 11.3. The molecule has 1 aromatic carbocycles. The fraction of sp³-hybridized carbons (Fsp3) is 0.300. The van der Waals surface area contributed by atoms with Gasteiger partial charge in [0.05, 0.1) is 12.8 Å². The van der Waals surface area contributed by atoms with E-state index in [2.05, 4.69) is 0 Å². The van der Waals surface area contributed by atoms with E-state index >= 15 is 0 Å². The molecule has 16 heavy (non-hydrogen) atoms. The van der Waals surface area contributed by atoms with Gasteiger partial charge in [-0.25, -0.2) is 17.5 Å². The molecule has 2 rings (SSSR count). The summed E-state index contributed by atoms with van der Waals surface area (Å²) in [5, 5.41) is 0. The lowest BCUT2D eigenvalue weighted by Gasteiger charge is -2.09. The van der Waals surface area contributed by atoms with Gasteiger partial charge in [-0.1, -0.05) is 30.3 Å². The highest BCUT2D eigenvalue weighted by Gasteiger charge is 2.37. The van der Waals surface area contributed by atoms with Gasteiger partial charge in [0.2, 0.25) is 10.0 Å². The smallest absolute Gasteiger partial charge is 0.424 e. The predicted octanol–water partition coefficient (Wildman–Crippen LogP) is 1.14. The molecule has 1 saturated heterocycles. The molecule has 1 amide bonds. The Morgan fingerprint density at radius 2 is 1.94 bits per heavy atom. The van der Waals surface area contributed by atoms with Crippen LogP contribution in [-0.2, 0) is 14.8 Å². The van der Waals surface area contributed by atoms with E-state index in [-0.39, 0.29) is 6.54 Å². The second-order valence-electron chi connectivity index (χ2n) is 3.58. The van der Waals surface area contributed by atoms with Crippen molar-refractivity contribution in [3.05, 3.63) is 35.9 Å². The molecule has 6 heteroatoms. The van der Waals surface area contributed by atoms with Gasteiger partial charge < -0.3 is 4.74 Å². The van der Waals surface area contributed by atoms with E-state index in [1.165, 1.54) is 0 Å². The molecule has 5 nitrogen and oxygen atoms in total. The molecule has 86 valence electrons. The van der Waals surface area contributed by atoms with Crippen molar-refractivity contribution < 1.29 is 17.9 Å². The summed E-state index contributed by atoms with van der Waals surface area (Å²) < 4.78 is 28.2. The van der Waals surface area contributed by atoms with Gasteiger partial charge in [-0.2, -0.15) is 0 Å². The number of cyclic esters (lactones) is 1. The van der Waals surface area contributed by atoms with Gasteiger partial charge in [-0.05, 0) is 5.56 Å². The maximum absolute atomic E-state index is 11.3. The zero-order chi connectivity index (χ0) is 11.8. The van der Waals surface area contributed by atoms with Crippen LogP contribution in [0.5, 0.6) is 0 Å². The summed E-state index contributed by atoms with van der Waals surface area (Å²) in [6.07, 6.45) is -0.332. The molecular weight excluding hydrogens is 230 g/mol. The normalized spacial score (nSPS) is 20.9. The number of nitrogens with zero attached hydrogens (tertiary/aromatic N) is 1. The number of benzene rings is 1. The Morgan fingerprint density at radius 1 is 1.31 bits per heavy atom. The van der Waals surface area contributed by atoms with Crippen LogP contribution < -0.4 is 0 Å². The molecular formula is C10H11NO4S. The van der Waals surface area contributed by atoms with Gasteiger partial charge in [0.15, 0.2) is 0 Å². The molecule has 0 spiro atoms. The Labute approximate surface area is 93.7 Å². The molecule has 0 aliphatic carbocycles. The summed E-state index contributed by atoms with van der Waals surface area (Å²) in [7, 11) is -3.53. The SMILES string of the molecule is CS(=O)(=O)N1CC(c2ccccc2)OC1=O. The topological polar surface area (TPSA) is 63.7 Å². The second-order valence-corrected chi connectivity index (χ2v) is 5.48. The molecule has 0 bridgehead atoms. The van der Waals surface area contributed by atoms with E-state index in [1.54, 1.807) is 12.1 Å². The van der Waals surface area contributed by atoms with Crippen LogP contribution in [0.25, 0.3) is 0 Å². The first kappa shape index (κ1) is 10.9. The van der Waals surface area contributed by atoms with Crippen molar-refractivity contribution >= 4 is 16.1 Å². The number of amides is 1. The van der Waals surface area contributed by atoms with Crippen molar-refractivity contribution in [3.63, 3.8) is 0 Å². The Kier molecular flexibility index (Phi) is 2.59. The Balaban J connectivity index is 2.23. The first-order valence-electron chi connectivity index (χ1n) is 4.72. The molecule has 1 aliphatic rings. The van der Waals surface area contributed by atoms with Crippen molar-refractivity contribution in [3.8, 4) is 0 Å². The van der Waals surface area contributed by atoms with Crippen LogP contribution >= 0.6 is 0 Å². The average molecular weight is 241 g/mol. The van der Waals surface area contributed by atoms with Crippen LogP contribution in [0.15, 0.2) is 30.3 Å². The zero-order valence-corrected chi connectivity index (χ0v) is 9.48. The van der Waals surface area contributed by atoms with Crippen LogP contribution in [0.4, 0.5) is 4.79 Å². The zero-order valence-electron chi connectivity index (χ0n) is 8.66. The van der Waals surface area contributed by atoms with Gasteiger partial charge in [-0.15, -0.1) is 0 Å². The number of ether oxygens (including phenoxy) is 1. The molecule has 1 heterocycles. The number of sulfonamides is 1. The lowest BCUT2D eigenvalue weighted by molar-refractivity contribution is 0.138. The maximum atomic E-state index is 11.3. The molecule has 1 aromatic rings. The highest BCUT2D eigenvalue weighted by Crippen LogP contribution is 2.27. The second kappa shape index (κ2) is 3.79. The van der Waals surface area contributed by atoms with Gasteiger partial charge >= 0.3 is 6.09 Å². The molecule has 1 unspecified atom stereocenters. The quantitative estimate of drug-likeness (QED) is 0.778. The van der Waals surface area contributed by atoms with E-state index in [0.29, 0.717) is 0 Å². The third-order valence-corrected chi connectivity index (χ3v) is 3.45. The van der Waals surface area contributed by atoms with E-state index in [9.17, 15) is 13.2 Å². The minimum absolute atomic E-state index is 0.0433. The minimum atomic E-state index is -3.53. The summed E-state index contributed by atoms with van der Waals surface area (Å²) >= 11 is 0. The van der Waals surface area contributed by atoms with E-state index in [0.717, 1.165) is 16.1 Å². The van der Waals surface area contributed by atoms with Crippen molar-refractivity contribution in [2.45, 2.75) is 6.10 Å². The Hall–Kier alpha value is -1.56. The van der Waals surface area contributed by atoms with Crippen molar-refractivity contribution in [1.82, 2.24) is 4.31 Å². The number of carbonyl (C=O) groups is 1. The van der Waals surface area contributed by atoms with Gasteiger partial charge in [0.25, 0.3) is 0 Å². The van der Waals surface area contributed by atoms with E-state index in [1.807, 2.05) is 18.2 Å². The molecule has 1 aliphatic heterocycles. The highest BCUT2D eigenvalue weighted by molar-refractivity contribution is 7.88. The summed E-state index contributed by atoms with van der Waals surface area (Å²) in [6, 6.07) is 9.06. The monoisotopic (exact) mass is 241 g/mol. The van der Waals surface area contributed by atoms with E-state index < -0.39 is 22.2 Å². The number of hydrogen-bond donors (Lipinski definition) is 0. The van der Waals surface area contributed by atoms with Crippen molar-refractivity contribution in [2.75, 3.05) is 12.8 Å². The van der Waals surface area contributed by atoms with Crippen LogP contribution in [0.3, 0.4) is 0 Å². The molecule has 0 N–H and O–H groups in total. The third-order valence-electron chi connectivity index (χ3n) is 2.35. The fourth-order valence-electron chi connectivity index (χ4n) is 1.55. The van der Waals surface area contributed by atoms with Gasteiger partial charge in [0, 0.05) is 0 Å². The summed E-state index contributed by atoms with van der Waals surface area (Å²) in [6.45, 7) is 0.0433. The number of rotatable bonds is 2. The van der Waals surface area contributed by atoms with E-state index in [4.69, 9.17) is 4.74 Å². The Morgan fingerprint density at radius 3 is 2.44 bits per heavy atom. The molecule has 1 atom stereocenters. The molecule has 1 fully saturated rings. The minimum Gasteiger partial charge on any atom is -0.439 e. The first-order valence-corrected chi connectivity index (χ1v) is 6.56. The number of hydrogen-bond acceptors (Lipinski definition) is 4. The summed E-state index contributed by atoms with van der Waals surface area (Å²) in [5.41, 5.74) is 0.794. The fourth-order valence-corrected chi connectivity index (χ4v) is 2.27. The largest absolute Gasteiger partial charge is 0.439 e. The first-order chi connectivity index (χ1) is 7.48. The van der Waals surface area contributed by atoms with Gasteiger partial charge in [-0.3, -0.25) is 0 Å². The van der Waals surface area contributed by atoms with Crippen LogP contribution in [0, 0.1) is 0 Å². The lowest BCUT2D eigenvalue weighted by Crippen LogP contribution is -2.30. The van der Waals surface area contributed by atoms with Crippen molar-refractivity contribution in [1.29, 1.82) is 0 Å². The van der Waals surface area contributed by atoms with Crippen LogP contribution in [-0.4, -0.2) is 31.6 Å².